The Kier molecular flexibility index (Phi) is 42.2. The molecule has 56 heavy (non-hydrogen) atoms. The normalized spacial score (nSPS) is 13.7. The second-order valence-electron chi connectivity index (χ2n) is 16.1. The second kappa shape index (κ2) is 43.9. The van der Waals surface area contributed by atoms with Crippen molar-refractivity contribution in [2.45, 2.75) is 251 Å². The van der Waals surface area contributed by atoms with Crippen molar-refractivity contribution in [2.75, 3.05) is 6.61 Å². The van der Waals surface area contributed by atoms with Crippen molar-refractivity contribution >= 4 is 11.9 Å². The first-order valence-corrected chi connectivity index (χ1v) is 23.9. The molecule has 0 aliphatic carbocycles. The van der Waals surface area contributed by atoms with Gasteiger partial charge in [-0.3, -0.25) is 9.59 Å². The van der Waals surface area contributed by atoms with Crippen LogP contribution in [-0.2, 0) is 14.3 Å². The number of unbranched alkanes of at least 4 members (excludes halogenated alkanes) is 22. The van der Waals surface area contributed by atoms with Gasteiger partial charge in [0.1, 0.15) is 6.10 Å². The van der Waals surface area contributed by atoms with Crippen molar-refractivity contribution in [3.8, 4) is 0 Å². The molecule has 6 nitrogen and oxygen atoms in total. The summed E-state index contributed by atoms with van der Waals surface area (Å²) in [5, 5.41) is 23.7. The van der Waals surface area contributed by atoms with E-state index in [1.807, 2.05) is 0 Å². The summed E-state index contributed by atoms with van der Waals surface area (Å²) >= 11 is 0. The fourth-order valence-electron chi connectivity index (χ4n) is 7.03. The highest BCUT2D eigenvalue weighted by Gasteiger charge is 2.24. The summed E-state index contributed by atoms with van der Waals surface area (Å²) in [6.45, 7) is 6.33. The van der Waals surface area contributed by atoms with Gasteiger partial charge >= 0.3 is 5.97 Å². The molecule has 1 amide bonds. The van der Waals surface area contributed by atoms with E-state index in [1.165, 1.54) is 96.3 Å². The number of aliphatic hydroxyl groups excluding tert-OH is 2. The summed E-state index contributed by atoms with van der Waals surface area (Å²) < 4.78 is 5.88. The molecule has 0 rings (SSSR count). The van der Waals surface area contributed by atoms with Crippen molar-refractivity contribution in [3.63, 3.8) is 0 Å². The zero-order valence-electron chi connectivity index (χ0n) is 37.0. The van der Waals surface area contributed by atoms with Crippen LogP contribution in [0.3, 0.4) is 0 Å². The lowest BCUT2D eigenvalue weighted by Gasteiger charge is -2.24. The van der Waals surface area contributed by atoms with Crippen LogP contribution in [0.4, 0.5) is 0 Å². The minimum absolute atomic E-state index is 0.0457. The van der Waals surface area contributed by atoms with E-state index < -0.39 is 18.2 Å². The van der Waals surface area contributed by atoms with Crippen molar-refractivity contribution < 1.29 is 24.5 Å². The zero-order valence-corrected chi connectivity index (χ0v) is 37.0. The average Bonchev–Trinajstić information content (AvgIpc) is 3.19. The summed E-state index contributed by atoms with van der Waals surface area (Å²) in [5.74, 6) is -0.531. The summed E-state index contributed by atoms with van der Waals surface area (Å²) in [6.07, 6.45) is 51.7. The minimum atomic E-state index is -0.798. The molecule has 0 aliphatic rings. The van der Waals surface area contributed by atoms with Crippen LogP contribution in [-0.4, -0.2) is 46.9 Å². The number of esters is 1. The lowest BCUT2D eigenvalue weighted by Crippen LogP contribution is -2.46. The molecule has 0 radical (unpaired) electrons. The highest BCUT2D eigenvalue weighted by atomic mass is 16.5. The topological polar surface area (TPSA) is 95.9 Å². The van der Waals surface area contributed by atoms with Gasteiger partial charge in [-0.05, 0) is 83.5 Å². The molecule has 0 fully saturated rings. The van der Waals surface area contributed by atoms with Gasteiger partial charge in [-0.1, -0.05) is 185 Å². The minimum Gasteiger partial charge on any atom is -0.462 e. The zero-order chi connectivity index (χ0) is 41.0. The van der Waals surface area contributed by atoms with Crippen molar-refractivity contribution in [3.05, 3.63) is 48.6 Å². The molecule has 0 saturated carbocycles. The number of aliphatic hydroxyl groups is 2. The van der Waals surface area contributed by atoms with E-state index in [4.69, 9.17) is 4.74 Å². The standard InChI is InChI=1S/C50H91NO5/c1-4-7-10-13-16-19-22-25-28-31-34-37-40-43-50(55)56-46(41-38-35-32-29-26-23-20-17-14-11-8-5-2)44-49(54)51-47(45-52)48(53)42-39-36-33-30-27-24-21-18-15-12-9-6-3/h8,11,17,20,25-26,28-29,46-48,52-53H,4-7,9-10,12-16,18-19,21-24,27,30-45H2,1-3H3,(H,51,54)/b11-8+,20-17+,28-25-,29-26+. The van der Waals surface area contributed by atoms with Crippen LogP contribution in [0, 0.1) is 0 Å². The molecule has 0 spiro atoms. The SMILES string of the molecule is CC/C=C/C/C=C/C/C=C/CCCCC(CC(=O)NC(CO)C(O)CCCCCCCCCCCCCC)OC(=O)CCCCC/C=C\CCCCCCCC. The molecule has 3 N–H and O–H groups in total. The maximum atomic E-state index is 13.1. The molecule has 0 aromatic heterocycles. The highest BCUT2D eigenvalue weighted by Crippen LogP contribution is 2.17. The Hall–Kier alpha value is -2.18. The fraction of sp³-hybridized carbons (Fsp3) is 0.800. The third-order valence-electron chi connectivity index (χ3n) is 10.6. The molecule has 326 valence electrons. The molecule has 0 bridgehead atoms. The fourth-order valence-corrected chi connectivity index (χ4v) is 7.03. The molecule has 3 unspecified atom stereocenters. The third kappa shape index (κ3) is 38.7. The molecule has 3 atom stereocenters. The number of hydrogen-bond donors (Lipinski definition) is 3. The number of ether oxygens (including phenoxy) is 1. The van der Waals surface area contributed by atoms with Crippen molar-refractivity contribution in [1.29, 1.82) is 0 Å². The molecular weight excluding hydrogens is 695 g/mol. The summed E-state index contributed by atoms with van der Waals surface area (Å²) in [5.41, 5.74) is 0. The van der Waals surface area contributed by atoms with Crippen LogP contribution < -0.4 is 5.32 Å². The molecular formula is C50H91NO5. The lowest BCUT2D eigenvalue weighted by molar-refractivity contribution is -0.151. The Morgan fingerprint density at radius 2 is 0.964 bits per heavy atom. The number of amides is 1. The first-order chi connectivity index (χ1) is 27.5. The van der Waals surface area contributed by atoms with Gasteiger partial charge in [-0.15, -0.1) is 0 Å². The van der Waals surface area contributed by atoms with Gasteiger partial charge in [-0.25, -0.2) is 0 Å². The van der Waals surface area contributed by atoms with Crippen LogP contribution in [0.25, 0.3) is 0 Å². The van der Waals surface area contributed by atoms with E-state index in [2.05, 4.69) is 74.7 Å². The Labute approximate surface area is 346 Å². The Morgan fingerprint density at radius 1 is 0.536 bits per heavy atom. The highest BCUT2D eigenvalue weighted by molar-refractivity contribution is 5.77. The van der Waals surface area contributed by atoms with Gasteiger partial charge in [0, 0.05) is 6.42 Å². The van der Waals surface area contributed by atoms with E-state index in [1.54, 1.807) is 0 Å². The van der Waals surface area contributed by atoms with Gasteiger partial charge in [0.05, 0.1) is 25.2 Å². The van der Waals surface area contributed by atoms with Crippen LogP contribution in [0.2, 0.25) is 0 Å². The molecule has 0 aromatic carbocycles. The van der Waals surface area contributed by atoms with Crippen LogP contribution in [0.5, 0.6) is 0 Å². The summed E-state index contributed by atoms with van der Waals surface area (Å²) in [6, 6.07) is -0.715. The maximum Gasteiger partial charge on any atom is 0.306 e. The molecule has 0 saturated heterocycles. The van der Waals surface area contributed by atoms with Crippen LogP contribution >= 0.6 is 0 Å². The molecule has 6 heteroatoms. The van der Waals surface area contributed by atoms with Gasteiger partial charge in [0.2, 0.25) is 5.91 Å². The third-order valence-corrected chi connectivity index (χ3v) is 10.6. The second-order valence-corrected chi connectivity index (χ2v) is 16.1. The predicted octanol–water partition coefficient (Wildman–Crippen LogP) is 13.9. The van der Waals surface area contributed by atoms with Crippen molar-refractivity contribution in [2.24, 2.45) is 0 Å². The Balaban J connectivity index is 4.65. The first-order valence-electron chi connectivity index (χ1n) is 23.9. The number of carbonyl (C=O) groups excluding carboxylic acids is 2. The number of rotatable bonds is 42. The largest absolute Gasteiger partial charge is 0.462 e. The van der Waals surface area contributed by atoms with Gasteiger partial charge in [0.25, 0.3) is 0 Å². The lowest BCUT2D eigenvalue weighted by atomic mass is 10.0. The molecule has 0 heterocycles. The quantitative estimate of drug-likeness (QED) is 0.0325. The van der Waals surface area contributed by atoms with Crippen LogP contribution in [0.15, 0.2) is 48.6 Å². The van der Waals surface area contributed by atoms with Crippen molar-refractivity contribution in [1.82, 2.24) is 5.32 Å². The van der Waals surface area contributed by atoms with Crippen LogP contribution in [0.1, 0.15) is 233 Å². The van der Waals surface area contributed by atoms with Gasteiger partial charge in [0.15, 0.2) is 0 Å². The van der Waals surface area contributed by atoms with E-state index in [-0.39, 0.29) is 24.9 Å². The summed E-state index contributed by atoms with van der Waals surface area (Å²) in [4.78, 5) is 26.0. The summed E-state index contributed by atoms with van der Waals surface area (Å²) in [7, 11) is 0. The van der Waals surface area contributed by atoms with E-state index in [9.17, 15) is 19.8 Å². The van der Waals surface area contributed by atoms with E-state index >= 15 is 0 Å². The predicted molar refractivity (Wildman–Crippen MR) is 241 cm³/mol. The smallest absolute Gasteiger partial charge is 0.306 e. The molecule has 0 aromatic rings. The monoisotopic (exact) mass is 786 g/mol. The number of nitrogens with one attached hydrogen (secondary N) is 1. The Bertz CT molecular complexity index is 972. The molecule has 0 aliphatic heterocycles. The number of carbonyl (C=O) groups is 2. The van der Waals surface area contributed by atoms with Gasteiger partial charge in [-0.2, -0.15) is 0 Å². The maximum absolute atomic E-state index is 13.1. The number of hydrogen-bond acceptors (Lipinski definition) is 5. The van der Waals surface area contributed by atoms with Gasteiger partial charge < -0.3 is 20.3 Å². The number of allylic oxidation sites excluding steroid dienone is 8. The first kappa shape index (κ1) is 53.8. The average molecular weight is 786 g/mol. The van der Waals surface area contributed by atoms with E-state index in [0.717, 1.165) is 89.9 Å². The Morgan fingerprint density at radius 3 is 1.50 bits per heavy atom. The van der Waals surface area contributed by atoms with E-state index in [0.29, 0.717) is 19.3 Å².